The number of anilines is 1. The number of aryl methyl sites for hydroxylation is 2. The van der Waals surface area contributed by atoms with Gasteiger partial charge in [0.1, 0.15) is 16.7 Å². The monoisotopic (exact) mass is 291 g/mol. The van der Waals surface area contributed by atoms with Gasteiger partial charge in [-0.05, 0) is 25.1 Å². The summed E-state index contributed by atoms with van der Waals surface area (Å²) in [4.78, 5) is 13.6. The summed E-state index contributed by atoms with van der Waals surface area (Å²) >= 11 is 1.59. The molecule has 0 aromatic carbocycles. The van der Waals surface area contributed by atoms with Gasteiger partial charge in [0.2, 0.25) is 0 Å². The molecule has 0 amide bonds. The Labute approximate surface area is 124 Å². The van der Waals surface area contributed by atoms with Crippen LogP contribution in [0.1, 0.15) is 31.7 Å². The summed E-state index contributed by atoms with van der Waals surface area (Å²) in [6.07, 6.45) is 5.65. The van der Waals surface area contributed by atoms with Gasteiger partial charge in [0.05, 0.1) is 0 Å². The maximum Gasteiger partial charge on any atom is 0.174 e. The maximum atomic E-state index is 4.63. The van der Waals surface area contributed by atoms with Gasteiger partial charge in [-0.1, -0.05) is 13.8 Å². The molecule has 20 heavy (non-hydrogen) atoms. The molecule has 108 valence electrons. The van der Waals surface area contributed by atoms with Crippen LogP contribution in [-0.2, 0) is 13.5 Å². The second kappa shape index (κ2) is 6.74. The van der Waals surface area contributed by atoms with Crippen molar-refractivity contribution in [2.24, 2.45) is 7.05 Å². The van der Waals surface area contributed by atoms with Gasteiger partial charge in [-0.2, -0.15) is 0 Å². The minimum absolute atomic E-state index is 0.829. The average Bonchev–Trinajstić information content (AvgIpc) is 2.85. The summed E-state index contributed by atoms with van der Waals surface area (Å²) in [5, 5.41) is 5.30. The fourth-order valence-electron chi connectivity index (χ4n) is 1.75. The Morgan fingerprint density at radius 1 is 1.30 bits per heavy atom. The number of hydrogen-bond donors (Lipinski definition) is 1. The lowest BCUT2D eigenvalue weighted by atomic mass is 10.3. The Balaban J connectivity index is 2.33. The highest BCUT2D eigenvalue weighted by Gasteiger charge is 2.13. The van der Waals surface area contributed by atoms with Crippen molar-refractivity contribution in [2.75, 3.05) is 11.9 Å². The second-order valence-corrected chi connectivity index (χ2v) is 5.58. The number of hydrogen-bond acceptors (Lipinski definition) is 5. The molecular weight excluding hydrogens is 270 g/mol. The molecule has 2 aromatic rings. The van der Waals surface area contributed by atoms with Crippen LogP contribution < -0.4 is 5.32 Å². The highest BCUT2D eigenvalue weighted by Crippen LogP contribution is 2.30. The van der Waals surface area contributed by atoms with Crippen molar-refractivity contribution in [1.82, 2.24) is 19.5 Å². The lowest BCUT2D eigenvalue weighted by Crippen LogP contribution is -2.08. The van der Waals surface area contributed by atoms with E-state index in [0.717, 1.165) is 46.8 Å². The van der Waals surface area contributed by atoms with Crippen LogP contribution in [0.15, 0.2) is 22.6 Å². The fraction of sp³-hybridized carbons (Fsp3) is 0.500. The standard InChI is InChI=1S/C14H21N5S/c1-5-7-15-12-10(3)13(18-11(6-2)17-12)20-14-16-8-9-19(14)4/h8-9H,5-7H2,1-4H3,(H,15,17,18). The van der Waals surface area contributed by atoms with E-state index in [-0.39, 0.29) is 0 Å². The summed E-state index contributed by atoms with van der Waals surface area (Å²) in [6.45, 7) is 7.20. The molecule has 2 aromatic heterocycles. The molecule has 0 fully saturated rings. The van der Waals surface area contributed by atoms with Gasteiger partial charge in [-0.15, -0.1) is 0 Å². The predicted octanol–water partition coefficient (Wildman–Crippen LogP) is 3.05. The van der Waals surface area contributed by atoms with Gasteiger partial charge in [-0.3, -0.25) is 0 Å². The summed E-state index contributed by atoms with van der Waals surface area (Å²) in [5.74, 6) is 1.81. The van der Waals surface area contributed by atoms with Crippen molar-refractivity contribution < 1.29 is 0 Å². The summed E-state index contributed by atoms with van der Waals surface area (Å²) in [6, 6.07) is 0. The molecule has 0 unspecified atom stereocenters. The van der Waals surface area contributed by atoms with Crippen molar-refractivity contribution in [2.45, 2.75) is 43.8 Å². The van der Waals surface area contributed by atoms with E-state index >= 15 is 0 Å². The Morgan fingerprint density at radius 2 is 2.10 bits per heavy atom. The third-order valence-electron chi connectivity index (χ3n) is 2.97. The van der Waals surface area contributed by atoms with Crippen molar-refractivity contribution in [1.29, 1.82) is 0 Å². The zero-order valence-electron chi connectivity index (χ0n) is 12.5. The quantitative estimate of drug-likeness (QED) is 0.829. The first kappa shape index (κ1) is 14.8. The van der Waals surface area contributed by atoms with E-state index in [1.54, 1.807) is 18.0 Å². The lowest BCUT2D eigenvalue weighted by molar-refractivity contribution is 0.785. The second-order valence-electron chi connectivity index (χ2n) is 4.62. The molecule has 2 rings (SSSR count). The first-order chi connectivity index (χ1) is 9.65. The Hall–Kier alpha value is -1.56. The van der Waals surface area contributed by atoms with Crippen LogP contribution in [0.4, 0.5) is 5.82 Å². The van der Waals surface area contributed by atoms with Crippen LogP contribution >= 0.6 is 11.8 Å². The van der Waals surface area contributed by atoms with E-state index in [1.165, 1.54) is 0 Å². The number of aromatic nitrogens is 4. The van der Waals surface area contributed by atoms with Crippen molar-refractivity contribution in [3.63, 3.8) is 0 Å². The molecule has 2 heterocycles. The van der Waals surface area contributed by atoms with E-state index in [2.05, 4.69) is 41.0 Å². The first-order valence-electron chi connectivity index (χ1n) is 6.92. The molecule has 0 spiro atoms. The number of nitrogens with zero attached hydrogens (tertiary/aromatic N) is 4. The number of rotatable bonds is 6. The molecule has 5 nitrogen and oxygen atoms in total. The number of imidazole rings is 1. The van der Waals surface area contributed by atoms with Crippen LogP contribution in [0.25, 0.3) is 0 Å². The minimum Gasteiger partial charge on any atom is -0.370 e. The van der Waals surface area contributed by atoms with Crippen LogP contribution in [0, 0.1) is 6.92 Å². The molecule has 0 aliphatic rings. The van der Waals surface area contributed by atoms with E-state index < -0.39 is 0 Å². The summed E-state index contributed by atoms with van der Waals surface area (Å²) in [5.41, 5.74) is 1.09. The van der Waals surface area contributed by atoms with Crippen molar-refractivity contribution in [3.8, 4) is 0 Å². The molecule has 0 aliphatic heterocycles. The maximum absolute atomic E-state index is 4.63. The van der Waals surface area contributed by atoms with Crippen LogP contribution in [0.3, 0.4) is 0 Å². The highest BCUT2D eigenvalue weighted by molar-refractivity contribution is 7.99. The zero-order chi connectivity index (χ0) is 14.5. The fourth-order valence-corrected chi connectivity index (χ4v) is 2.64. The van der Waals surface area contributed by atoms with Crippen LogP contribution in [0.5, 0.6) is 0 Å². The van der Waals surface area contributed by atoms with E-state index in [9.17, 15) is 0 Å². The van der Waals surface area contributed by atoms with Gasteiger partial charge >= 0.3 is 0 Å². The normalized spacial score (nSPS) is 10.8. The van der Waals surface area contributed by atoms with Gasteiger partial charge in [0.15, 0.2) is 5.16 Å². The SMILES string of the molecule is CCCNc1nc(CC)nc(Sc2nccn2C)c1C. The third-order valence-corrected chi connectivity index (χ3v) is 4.14. The van der Waals surface area contributed by atoms with E-state index in [1.807, 2.05) is 17.8 Å². The topological polar surface area (TPSA) is 55.6 Å². The molecule has 0 aliphatic carbocycles. The smallest absolute Gasteiger partial charge is 0.174 e. The average molecular weight is 291 g/mol. The van der Waals surface area contributed by atoms with Gasteiger partial charge in [-0.25, -0.2) is 15.0 Å². The van der Waals surface area contributed by atoms with Crippen LogP contribution in [0.2, 0.25) is 0 Å². The minimum atomic E-state index is 0.829. The molecule has 0 bridgehead atoms. The highest BCUT2D eigenvalue weighted by atomic mass is 32.2. The molecule has 0 saturated carbocycles. The Bertz CT molecular complexity index is 579. The molecule has 1 N–H and O–H groups in total. The van der Waals surface area contributed by atoms with E-state index in [0.29, 0.717) is 0 Å². The molecular formula is C14H21N5S. The molecule has 0 atom stereocenters. The Kier molecular flexibility index (Phi) is 5.00. The van der Waals surface area contributed by atoms with E-state index in [4.69, 9.17) is 0 Å². The van der Waals surface area contributed by atoms with Crippen molar-refractivity contribution >= 4 is 17.6 Å². The van der Waals surface area contributed by atoms with Crippen molar-refractivity contribution in [3.05, 3.63) is 23.8 Å². The Morgan fingerprint density at radius 3 is 2.70 bits per heavy atom. The van der Waals surface area contributed by atoms with Crippen LogP contribution in [-0.4, -0.2) is 26.1 Å². The van der Waals surface area contributed by atoms with Gasteiger partial charge in [0, 0.05) is 38.0 Å². The number of nitrogens with one attached hydrogen (secondary N) is 1. The largest absolute Gasteiger partial charge is 0.370 e. The molecule has 0 saturated heterocycles. The lowest BCUT2D eigenvalue weighted by Gasteiger charge is -2.12. The zero-order valence-corrected chi connectivity index (χ0v) is 13.3. The predicted molar refractivity (Wildman–Crippen MR) is 82.3 cm³/mol. The van der Waals surface area contributed by atoms with Gasteiger partial charge < -0.3 is 9.88 Å². The first-order valence-corrected chi connectivity index (χ1v) is 7.73. The van der Waals surface area contributed by atoms with Gasteiger partial charge in [0.25, 0.3) is 0 Å². The summed E-state index contributed by atoms with van der Waals surface area (Å²) in [7, 11) is 1.99. The molecule has 6 heteroatoms. The third kappa shape index (κ3) is 3.30. The molecule has 0 radical (unpaired) electrons. The summed E-state index contributed by atoms with van der Waals surface area (Å²) < 4.78 is 2.00.